The van der Waals surface area contributed by atoms with E-state index in [1.54, 1.807) is 6.92 Å². The zero-order chi connectivity index (χ0) is 8.85. The zero-order valence-electron chi connectivity index (χ0n) is 6.40. The lowest BCUT2D eigenvalue weighted by Crippen LogP contribution is -2.27. The Kier molecular flexibility index (Phi) is 4.49. The summed E-state index contributed by atoms with van der Waals surface area (Å²) in [4.78, 5) is 10.1. The van der Waals surface area contributed by atoms with Gasteiger partial charge in [0.2, 0.25) is 0 Å². The molecule has 4 nitrogen and oxygen atoms in total. The Balaban J connectivity index is 3.82. The number of hydrogen-bond donors (Lipinski definition) is 3. The van der Waals surface area contributed by atoms with E-state index >= 15 is 0 Å². The van der Waals surface area contributed by atoms with E-state index in [4.69, 9.17) is 15.9 Å². The fourth-order valence-corrected chi connectivity index (χ4v) is 0.466. The first-order valence-electron chi connectivity index (χ1n) is 3.42. The maximum atomic E-state index is 10.1. The molecule has 2 unspecified atom stereocenters. The molecular formula is C7H13NO3. The van der Waals surface area contributed by atoms with Gasteiger partial charge in [-0.1, -0.05) is 19.1 Å². The highest BCUT2D eigenvalue weighted by Crippen LogP contribution is 1.92. The molecule has 0 aliphatic rings. The zero-order valence-corrected chi connectivity index (χ0v) is 6.40. The standard InChI is InChI=1S/C7H13NO3/c1-2-5(9)3-4-6(8)7(10)11/h3-6,9H,2,8H2,1H3,(H,10,11)/b4-3+. The monoisotopic (exact) mass is 159 g/mol. The molecule has 0 rings (SSSR count). The van der Waals surface area contributed by atoms with E-state index in [0.29, 0.717) is 6.42 Å². The fourth-order valence-electron chi connectivity index (χ4n) is 0.466. The first kappa shape index (κ1) is 10.1. The Morgan fingerprint density at radius 1 is 1.64 bits per heavy atom. The van der Waals surface area contributed by atoms with Crippen LogP contribution in [0.5, 0.6) is 0 Å². The van der Waals surface area contributed by atoms with Gasteiger partial charge in [-0.25, -0.2) is 0 Å². The van der Waals surface area contributed by atoms with Crippen molar-refractivity contribution in [2.75, 3.05) is 0 Å². The van der Waals surface area contributed by atoms with Crippen molar-refractivity contribution in [2.24, 2.45) is 5.73 Å². The number of aliphatic hydroxyl groups is 1. The molecule has 0 aromatic carbocycles. The van der Waals surface area contributed by atoms with Crippen LogP contribution in [0, 0.1) is 0 Å². The van der Waals surface area contributed by atoms with E-state index in [0.717, 1.165) is 0 Å². The molecule has 2 atom stereocenters. The Hall–Kier alpha value is -0.870. The highest BCUT2D eigenvalue weighted by atomic mass is 16.4. The number of aliphatic hydroxyl groups excluding tert-OH is 1. The summed E-state index contributed by atoms with van der Waals surface area (Å²) in [5.41, 5.74) is 5.12. The SMILES string of the molecule is CCC(O)/C=C/C(N)C(=O)O. The summed E-state index contributed by atoms with van der Waals surface area (Å²) in [6, 6.07) is -1.02. The van der Waals surface area contributed by atoms with E-state index in [-0.39, 0.29) is 0 Å². The number of hydrogen-bond acceptors (Lipinski definition) is 3. The molecule has 0 radical (unpaired) electrons. The van der Waals surface area contributed by atoms with Crippen LogP contribution < -0.4 is 5.73 Å². The fraction of sp³-hybridized carbons (Fsp3) is 0.571. The van der Waals surface area contributed by atoms with Crippen LogP contribution in [-0.2, 0) is 4.79 Å². The highest BCUT2D eigenvalue weighted by Gasteiger charge is 2.06. The van der Waals surface area contributed by atoms with Crippen LogP contribution >= 0.6 is 0 Å². The van der Waals surface area contributed by atoms with Gasteiger partial charge in [0.15, 0.2) is 0 Å². The van der Waals surface area contributed by atoms with Crippen molar-refractivity contribution in [3.05, 3.63) is 12.2 Å². The van der Waals surface area contributed by atoms with Gasteiger partial charge in [-0.05, 0) is 6.42 Å². The second-order valence-electron chi connectivity index (χ2n) is 2.22. The minimum absolute atomic E-state index is 0.558. The van der Waals surface area contributed by atoms with Crippen LogP contribution in [-0.4, -0.2) is 28.3 Å². The number of aliphatic carboxylic acids is 1. The van der Waals surface area contributed by atoms with Crippen molar-refractivity contribution >= 4 is 5.97 Å². The minimum Gasteiger partial charge on any atom is -0.480 e. The van der Waals surface area contributed by atoms with Crippen molar-refractivity contribution in [3.63, 3.8) is 0 Å². The smallest absolute Gasteiger partial charge is 0.324 e. The Morgan fingerprint density at radius 2 is 2.18 bits per heavy atom. The van der Waals surface area contributed by atoms with E-state index < -0.39 is 18.1 Å². The first-order valence-corrected chi connectivity index (χ1v) is 3.42. The van der Waals surface area contributed by atoms with Crippen molar-refractivity contribution in [1.29, 1.82) is 0 Å². The summed E-state index contributed by atoms with van der Waals surface area (Å²) in [6.07, 6.45) is 2.62. The molecule has 0 bridgehead atoms. The minimum atomic E-state index is -1.09. The van der Waals surface area contributed by atoms with Gasteiger partial charge in [0.1, 0.15) is 6.04 Å². The largest absolute Gasteiger partial charge is 0.480 e. The average Bonchev–Trinajstić information content (AvgIpc) is 1.99. The van der Waals surface area contributed by atoms with Gasteiger partial charge in [-0.3, -0.25) is 4.79 Å². The summed E-state index contributed by atoms with van der Waals surface area (Å²) < 4.78 is 0. The van der Waals surface area contributed by atoms with Gasteiger partial charge < -0.3 is 15.9 Å². The van der Waals surface area contributed by atoms with Gasteiger partial charge >= 0.3 is 5.97 Å². The average molecular weight is 159 g/mol. The lowest BCUT2D eigenvalue weighted by atomic mass is 10.2. The summed E-state index contributed by atoms with van der Waals surface area (Å²) >= 11 is 0. The van der Waals surface area contributed by atoms with Crippen LogP contribution in [0.15, 0.2) is 12.2 Å². The Morgan fingerprint density at radius 3 is 2.55 bits per heavy atom. The molecule has 0 spiro atoms. The topological polar surface area (TPSA) is 83.5 Å². The van der Waals surface area contributed by atoms with Crippen molar-refractivity contribution in [2.45, 2.75) is 25.5 Å². The van der Waals surface area contributed by atoms with Gasteiger partial charge in [0.05, 0.1) is 6.10 Å². The maximum Gasteiger partial charge on any atom is 0.324 e. The Labute approximate surface area is 65.3 Å². The third-order valence-electron chi connectivity index (χ3n) is 1.24. The van der Waals surface area contributed by atoms with Crippen LogP contribution in [0.4, 0.5) is 0 Å². The molecular weight excluding hydrogens is 146 g/mol. The van der Waals surface area contributed by atoms with Gasteiger partial charge in [0, 0.05) is 0 Å². The van der Waals surface area contributed by atoms with Gasteiger partial charge in [0.25, 0.3) is 0 Å². The second kappa shape index (κ2) is 4.87. The molecule has 0 heterocycles. The van der Waals surface area contributed by atoms with Crippen molar-refractivity contribution in [3.8, 4) is 0 Å². The van der Waals surface area contributed by atoms with Crippen LogP contribution in [0.1, 0.15) is 13.3 Å². The Bertz CT molecular complexity index is 156. The van der Waals surface area contributed by atoms with E-state index in [2.05, 4.69) is 0 Å². The lowest BCUT2D eigenvalue weighted by Gasteiger charge is -2.01. The maximum absolute atomic E-state index is 10.1. The highest BCUT2D eigenvalue weighted by molar-refractivity contribution is 5.75. The summed E-state index contributed by atoms with van der Waals surface area (Å²) in [5, 5.41) is 17.3. The van der Waals surface area contributed by atoms with E-state index in [9.17, 15) is 4.79 Å². The van der Waals surface area contributed by atoms with Crippen LogP contribution in [0.25, 0.3) is 0 Å². The molecule has 0 aromatic heterocycles. The van der Waals surface area contributed by atoms with E-state index in [1.807, 2.05) is 0 Å². The summed E-state index contributed by atoms with van der Waals surface area (Å²) in [6.45, 7) is 1.79. The molecule has 11 heavy (non-hydrogen) atoms. The predicted molar refractivity (Wildman–Crippen MR) is 41.0 cm³/mol. The predicted octanol–water partition coefficient (Wildman–Crippen LogP) is -0.275. The molecule has 0 amide bonds. The molecule has 4 heteroatoms. The normalized spacial score (nSPS) is 16.6. The third kappa shape index (κ3) is 4.52. The molecule has 0 aliphatic carbocycles. The molecule has 64 valence electrons. The second-order valence-corrected chi connectivity index (χ2v) is 2.22. The third-order valence-corrected chi connectivity index (χ3v) is 1.24. The number of rotatable bonds is 4. The number of carboxylic acids is 1. The molecule has 0 aromatic rings. The van der Waals surface area contributed by atoms with Gasteiger partial charge in [-0.15, -0.1) is 0 Å². The quantitative estimate of drug-likeness (QED) is 0.493. The van der Waals surface area contributed by atoms with Crippen LogP contribution in [0.2, 0.25) is 0 Å². The van der Waals surface area contributed by atoms with Crippen LogP contribution in [0.3, 0.4) is 0 Å². The summed E-state index contributed by atoms with van der Waals surface area (Å²) in [5.74, 6) is -1.09. The molecule has 4 N–H and O–H groups in total. The summed E-state index contributed by atoms with van der Waals surface area (Å²) in [7, 11) is 0. The number of carbonyl (C=O) groups is 1. The molecule has 0 aliphatic heterocycles. The van der Waals surface area contributed by atoms with E-state index in [1.165, 1.54) is 12.2 Å². The first-order chi connectivity index (χ1) is 5.07. The lowest BCUT2D eigenvalue weighted by molar-refractivity contribution is -0.137. The van der Waals surface area contributed by atoms with Crippen molar-refractivity contribution < 1.29 is 15.0 Å². The van der Waals surface area contributed by atoms with Crippen molar-refractivity contribution in [1.82, 2.24) is 0 Å². The van der Waals surface area contributed by atoms with Gasteiger partial charge in [-0.2, -0.15) is 0 Å². The number of carboxylic acid groups (broad SMARTS) is 1. The molecule has 0 saturated carbocycles. The molecule has 0 fully saturated rings. The number of nitrogens with two attached hydrogens (primary N) is 1. The molecule has 0 saturated heterocycles.